The Bertz CT molecular complexity index is 762. The Morgan fingerprint density at radius 3 is 2.71 bits per heavy atom. The highest BCUT2D eigenvalue weighted by Gasteiger charge is 2.19. The van der Waals surface area contributed by atoms with Gasteiger partial charge in [-0.25, -0.2) is 4.98 Å². The second-order valence-electron chi connectivity index (χ2n) is 5.01. The third-order valence-electron chi connectivity index (χ3n) is 3.71. The first-order valence-electron chi connectivity index (χ1n) is 6.87. The number of aliphatic hydroxyl groups excluding tert-OH is 2. The van der Waals surface area contributed by atoms with E-state index in [4.69, 9.17) is 0 Å². The maximum Gasteiger partial charge on any atom is 0.132 e. The minimum Gasteiger partial charge on any atom is -0.390 e. The summed E-state index contributed by atoms with van der Waals surface area (Å²) in [7, 11) is 0. The van der Waals surface area contributed by atoms with Gasteiger partial charge in [0.2, 0.25) is 0 Å². The van der Waals surface area contributed by atoms with Crippen LogP contribution in [0.5, 0.6) is 0 Å². The molecule has 0 aliphatic heterocycles. The highest BCUT2D eigenvalue weighted by atomic mass is 16.3. The molecule has 108 valence electrons. The molecule has 3 N–H and O–H groups in total. The summed E-state index contributed by atoms with van der Waals surface area (Å²) >= 11 is 0. The van der Waals surface area contributed by atoms with Crippen molar-refractivity contribution in [2.45, 2.75) is 26.1 Å². The van der Waals surface area contributed by atoms with Gasteiger partial charge >= 0.3 is 0 Å². The summed E-state index contributed by atoms with van der Waals surface area (Å²) in [6.07, 6.45) is 1.77. The van der Waals surface area contributed by atoms with Crippen molar-refractivity contribution in [2.75, 3.05) is 0 Å². The molecular weight excluding hydrogens is 266 g/mol. The molecule has 2 heterocycles. The van der Waals surface area contributed by atoms with Crippen molar-refractivity contribution in [3.8, 4) is 0 Å². The highest BCUT2D eigenvalue weighted by molar-refractivity contribution is 5.82. The molecule has 21 heavy (non-hydrogen) atoms. The third-order valence-corrected chi connectivity index (χ3v) is 3.71. The number of pyridine rings is 1. The molecule has 1 aromatic carbocycles. The fraction of sp³-hybridized carbons (Fsp3) is 0.250. The van der Waals surface area contributed by atoms with Crippen LogP contribution in [0.3, 0.4) is 0 Å². The predicted octanol–water partition coefficient (Wildman–Crippen LogP) is 2.09. The van der Waals surface area contributed by atoms with E-state index in [1.165, 1.54) is 0 Å². The number of H-pyrrole nitrogens is 1. The maximum absolute atomic E-state index is 9.47. The Balaban J connectivity index is 2.12. The normalized spacial score (nSPS) is 12.7. The van der Waals surface area contributed by atoms with Crippen molar-refractivity contribution in [3.63, 3.8) is 0 Å². The van der Waals surface area contributed by atoms with Crippen LogP contribution in [0.1, 0.15) is 35.6 Å². The van der Waals surface area contributed by atoms with Gasteiger partial charge < -0.3 is 15.2 Å². The van der Waals surface area contributed by atoms with Crippen LogP contribution in [-0.4, -0.2) is 25.2 Å². The number of para-hydroxylation sites is 1. The van der Waals surface area contributed by atoms with Gasteiger partial charge in [-0.05, 0) is 11.6 Å². The molecule has 0 aliphatic carbocycles. The number of fused-ring (bicyclic) bond motifs is 1. The van der Waals surface area contributed by atoms with Crippen molar-refractivity contribution >= 4 is 10.9 Å². The fourth-order valence-corrected chi connectivity index (χ4v) is 2.66. The number of imidazole rings is 1. The van der Waals surface area contributed by atoms with E-state index in [1.807, 2.05) is 37.3 Å². The van der Waals surface area contributed by atoms with Crippen LogP contribution in [0.4, 0.5) is 0 Å². The van der Waals surface area contributed by atoms with Crippen LogP contribution in [-0.2, 0) is 13.2 Å². The summed E-state index contributed by atoms with van der Waals surface area (Å²) in [5.41, 5.74) is 3.38. The average molecular weight is 283 g/mol. The van der Waals surface area contributed by atoms with E-state index in [2.05, 4.69) is 15.0 Å². The van der Waals surface area contributed by atoms with Gasteiger partial charge in [0.05, 0.1) is 23.5 Å². The molecule has 0 spiro atoms. The summed E-state index contributed by atoms with van der Waals surface area (Å²) < 4.78 is 0. The molecule has 1 atom stereocenters. The number of aromatic nitrogens is 3. The molecule has 0 amide bonds. The first-order chi connectivity index (χ1) is 10.2. The molecule has 0 saturated carbocycles. The van der Waals surface area contributed by atoms with Crippen LogP contribution in [0, 0.1) is 0 Å². The third kappa shape index (κ3) is 2.41. The van der Waals surface area contributed by atoms with Crippen molar-refractivity contribution in [2.24, 2.45) is 0 Å². The minimum absolute atomic E-state index is 0.0256. The van der Waals surface area contributed by atoms with E-state index < -0.39 is 0 Å². The largest absolute Gasteiger partial charge is 0.390 e. The van der Waals surface area contributed by atoms with Gasteiger partial charge in [-0.2, -0.15) is 0 Å². The molecule has 0 fully saturated rings. The summed E-state index contributed by atoms with van der Waals surface area (Å²) in [6, 6.07) is 9.97. The van der Waals surface area contributed by atoms with Gasteiger partial charge in [-0.3, -0.25) is 4.98 Å². The standard InChI is InChI=1S/C16H17N3O2/c1-10(15-13(8-20)18-14(9-21)19-15)12-6-2-4-11-5-3-7-17-16(11)12/h2-7,10,20-21H,8-9H2,1H3,(H,18,19). The first-order valence-corrected chi connectivity index (χ1v) is 6.87. The monoisotopic (exact) mass is 283 g/mol. The van der Waals surface area contributed by atoms with E-state index in [0.717, 1.165) is 22.2 Å². The van der Waals surface area contributed by atoms with E-state index >= 15 is 0 Å². The van der Waals surface area contributed by atoms with E-state index in [0.29, 0.717) is 11.5 Å². The summed E-state index contributed by atoms with van der Waals surface area (Å²) in [4.78, 5) is 11.8. The van der Waals surface area contributed by atoms with Crippen molar-refractivity contribution in [1.82, 2.24) is 15.0 Å². The number of hydrogen-bond acceptors (Lipinski definition) is 4. The van der Waals surface area contributed by atoms with Gasteiger partial charge in [0.15, 0.2) is 0 Å². The zero-order valence-electron chi connectivity index (χ0n) is 11.7. The lowest BCUT2D eigenvalue weighted by atomic mass is 9.94. The zero-order valence-corrected chi connectivity index (χ0v) is 11.7. The maximum atomic E-state index is 9.47. The van der Waals surface area contributed by atoms with Gasteiger partial charge in [0.25, 0.3) is 0 Å². The number of nitrogens with zero attached hydrogens (tertiary/aromatic N) is 2. The Kier molecular flexibility index (Phi) is 3.68. The molecule has 2 aromatic heterocycles. The number of rotatable bonds is 4. The number of aromatic amines is 1. The smallest absolute Gasteiger partial charge is 0.132 e. The number of nitrogens with one attached hydrogen (secondary N) is 1. The molecule has 1 unspecified atom stereocenters. The molecule has 0 radical (unpaired) electrons. The zero-order chi connectivity index (χ0) is 14.8. The second-order valence-corrected chi connectivity index (χ2v) is 5.01. The van der Waals surface area contributed by atoms with Crippen LogP contribution < -0.4 is 0 Å². The molecule has 5 nitrogen and oxygen atoms in total. The molecule has 3 rings (SSSR count). The Morgan fingerprint density at radius 2 is 1.95 bits per heavy atom. The Labute approximate surface area is 122 Å². The van der Waals surface area contributed by atoms with Crippen molar-refractivity contribution in [3.05, 3.63) is 59.3 Å². The summed E-state index contributed by atoms with van der Waals surface area (Å²) in [5, 5.41) is 19.7. The molecule has 0 bridgehead atoms. The number of benzene rings is 1. The molecule has 5 heteroatoms. The Hall–Kier alpha value is -2.24. The SMILES string of the molecule is CC(c1nc(CO)[nH]c1CO)c1cccc2cccnc12. The van der Waals surface area contributed by atoms with Gasteiger partial charge in [-0.1, -0.05) is 31.2 Å². The van der Waals surface area contributed by atoms with Crippen molar-refractivity contribution < 1.29 is 10.2 Å². The van der Waals surface area contributed by atoms with Gasteiger partial charge in [0, 0.05) is 17.5 Å². The highest BCUT2D eigenvalue weighted by Crippen LogP contribution is 2.30. The van der Waals surface area contributed by atoms with Crippen molar-refractivity contribution in [1.29, 1.82) is 0 Å². The Morgan fingerprint density at radius 1 is 1.14 bits per heavy atom. The quantitative estimate of drug-likeness (QED) is 0.685. The van der Waals surface area contributed by atoms with E-state index in [-0.39, 0.29) is 19.1 Å². The summed E-state index contributed by atoms with van der Waals surface area (Å²) in [6.45, 7) is 1.72. The first kappa shape index (κ1) is 13.7. The topological polar surface area (TPSA) is 82.0 Å². The van der Waals surface area contributed by atoms with E-state index in [9.17, 15) is 10.2 Å². The fourth-order valence-electron chi connectivity index (χ4n) is 2.66. The average Bonchev–Trinajstić information content (AvgIpc) is 2.97. The van der Waals surface area contributed by atoms with Gasteiger partial charge in [0.1, 0.15) is 12.4 Å². The molecule has 0 saturated heterocycles. The van der Waals surface area contributed by atoms with Crippen LogP contribution in [0.2, 0.25) is 0 Å². The van der Waals surface area contributed by atoms with Crippen LogP contribution >= 0.6 is 0 Å². The molecular formula is C16H17N3O2. The molecule has 0 aliphatic rings. The lowest BCUT2D eigenvalue weighted by Gasteiger charge is -2.13. The van der Waals surface area contributed by atoms with Crippen LogP contribution in [0.25, 0.3) is 10.9 Å². The summed E-state index contributed by atoms with van der Waals surface area (Å²) in [5.74, 6) is 0.441. The second kappa shape index (κ2) is 5.63. The van der Waals surface area contributed by atoms with E-state index in [1.54, 1.807) is 6.20 Å². The lowest BCUT2D eigenvalue weighted by Crippen LogP contribution is -2.02. The number of aliphatic hydroxyl groups is 2. The minimum atomic E-state index is -0.173. The molecule has 3 aromatic rings. The predicted molar refractivity (Wildman–Crippen MR) is 79.7 cm³/mol. The van der Waals surface area contributed by atoms with Gasteiger partial charge in [-0.15, -0.1) is 0 Å². The van der Waals surface area contributed by atoms with Crippen LogP contribution in [0.15, 0.2) is 36.5 Å². The number of hydrogen-bond donors (Lipinski definition) is 3. The lowest BCUT2D eigenvalue weighted by molar-refractivity contribution is 0.266.